The monoisotopic (exact) mass is 246 g/mol. The second-order valence-electron chi connectivity index (χ2n) is 5.13. The van der Waals surface area contributed by atoms with Crippen molar-refractivity contribution in [2.45, 2.75) is 45.2 Å². The van der Waals surface area contributed by atoms with E-state index in [4.69, 9.17) is 5.26 Å². The molecule has 1 aromatic rings. The van der Waals surface area contributed by atoms with E-state index in [1.54, 1.807) is 6.07 Å². The first-order chi connectivity index (χ1) is 8.70. The van der Waals surface area contributed by atoms with Crippen LogP contribution < -0.4 is 5.32 Å². The first-order valence-corrected chi connectivity index (χ1v) is 6.62. The van der Waals surface area contributed by atoms with Gasteiger partial charge in [-0.3, -0.25) is 0 Å². The maximum atomic E-state index is 13.6. The molecule has 0 unspecified atom stereocenters. The number of hydrogen-bond acceptors (Lipinski definition) is 2. The summed E-state index contributed by atoms with van der Waals surface area (Å²) >= 11 is 0. The van der Waals surface area contributed by atoms with Crippen molar-refractivity contribution >= 4 is 0 Å². The fraction of sp³-hybridized carbons (Fsp3) is 0.533. The van der Waals surface area contributed by atoms with E-state index in [9.17, 15) is 4.39 Å². The molecule has 0 spiro atoms. The average molecular weight is 246 g/mol. The van der Waals surface area contributed by atoms with E-state index >= 15 is 0 Å². The number of rotatable bonds is 4. The lowest BCUT2D eigenvalue weighted by Crippen LogP contribution is -2.32. The van der Waals surface area contributed by atoms with Gasteiger partial charge in [0, 0.05) is 18.2 Å². The summed E-state index contributed by atoms with van der Waals surface area (Å²) in [7, 11) is 0. The summed E-state index contributed by atoms with van der Waals surface area (Å²) in [6.45, 7) is 2.67. The van der Waals surface area contributed by atoms with Gasteiger partial charge in [-0.2, -0.15) is 5.26 Å². The topological polar surface area (TPSA) is 35.8 Å². The van der Waals surface area contributed by atoms with Crippen LogP contribution in [0.4, 0.5) is 4.39 Å². The Hall–Kier alpha value is -1.40. The van der Waals surface area contributed by atoms with Crippen molar-refractivity contribution in [3.63, 3.8) is 0 Å². The van der Waals surface area contributed by atoms with Crippen molar-refractivity contribution in [3.05, 3.63) is 35.1 Å². The zero-order valence-electron chi connectivity index (χ0n) is 10.7. The molecule has 1 saturated carbocycles. The van der Waals surface area contributed by atoms with E-state index in [1.165, 1.54) is 37.8 Å². The summed E-state index contributed by atoms with van der Waals surface area (Å²) in [4.78, 5) is 0. The van der Waals surface area contributed by atoms with Crippen molar-refractivity contribution in [2.24, 2.45) is 5.92 Å². The Bertz CT molecular complexity index is 444. The Morgan fingerprint density at radius 3 is 2.83 bits per heavy atom. The van der Waals surface area contributed by atoms with Crippen molar-refractivity contribution in [3.8, 4) is 6.07 Å². The van der Waals surface area contributed by atoms with Gasteiger partial charge < -0.3 is 5.32 Å². The van der Waals surface area contributed by atoms with Crippen LogP contribution in [-0.4, -0.2) is 6.04 Å². The average Bonchev–Trinajstić information content (AvgIpc) is 2.91. The molecule has 0 saturated heterocycles. The molecule has 18 heavy (non-hydrogen) atoms. The van der Waals surface area contributed by atoms with E-state index in [0.717, 1.165) is 0 Å². The van der Waals surface area contributed by atoms with Crippen LogP contribution in [0, 0.1) is 23.1 Å². The number of nitrogens with zero attached hydrogens (tertiary/aromatic N) is 1. The molecule has 0 heterocycles. The predicted molar refractivity (Wildman–Crippen MR) is 69.4 cm³/mol. The second kappa shape index (κ2) is 5.97. The lowest BCUT2D eigenvalue weighted by Gasteiger charge is -2.20. The fourth-order valence-electron chi connectivity index (χ4n) is 2.67. The van der Waals surface area contributed by atoms with Crippen LogP contribution in [0.1, 0.15) is 43.7 Å². The summed E-state index contributed by atoms with van der Waals surface area (Å²) in [6.07, 6.45) is 5.17. The molecule has 3 heteroatoms. The first-order valence-electron chi connectivity index (χ1n) is 6.62. The van der Waals surface area contributed by atoms with Gasteiger partial charge in [0.25, 0.3) is 0 Å². The molecule has 1 fully saturated rings. The third kappa shape index (κ3) is 3.08. The Labute approximate surface area is 108 Å². The molecule has 0 aliphatic heterocycles. The van der Waals surface area contributed by atoms with Crippen molar-refractivity contribution in [2.75, 3.05) is 0 Å². The zero-order chi connectivity index (χ0) is 13.0. The molecule has 1 atom stereocenters. The van der Waals surface area contributed by atoms with Gasteiger partial charge in [-0.25, -0.2) is 4.39 Å². The van der Waals surface area contributed by atoms with Crippen molar-refractivity contribution in [1.82, 2.24) is 5.32 Å². The Kier molecular flexibility index (Phi) is 4.33. The fourth-order valence-corrected chi connectivity index (χ4v) is 2.67. The van der Waals surface area contributed by atoms with Crippen molar-refractivity contribution < 1.29 is 4.39 Å². The third-order valence-corrected chi connectivity index (χ3v) is 3.90. The van der Waals surface area contributed by atoms with Gasteiger partial charge in [-0.15, -0.1) is 0 Å². The SMILES string of the molecule is C[C@@H](NCc1cc(C#N)ccc1F)C1CCCC1. The highest BCUT2D eigenvalue weighted by Crippen LogP contribution is 2.27. The van der Waals surface area contributed by atoms with E-state index < -0.39 is 0 Å². The number of halogens is 1. The maximum Gasteiger partial charge on any atom is 0.127 e. The number of benzene rings is 1. The highest BCUT2D eigenvalue weighted by Gasteiger charge is 2.21. The maximum absolute atomic E-state index is 13.6. The van der Waals surface area contributed by atoms with E-state index in [2.05, 4.69) is 12.2 Å². The van der Waals surface area contributed by atoms with Crippen LogP contribution in [0.25, 0.3) is 0 Å². The zero-order valence-corrected chi connectivity index (χ0v) is 10.7. The second-order valence-corrected chi connectivity index (χ2v) is 5.13. The van der Waals surface area contributed by atoms with Gasteiger partial charge in [-0.05, 0) is 43.9 Å². The quantitative estimate of drug-likeness (QED) is 0.884. The number of nitriles is 1. The van der Waals surface area contributed by atoms with Crippen molar-refractivity contribution in [1.29, 1.82) is 5.26 Å². The van der Waals surface area contributed by atoms with E-state index in [-0.39, 0.29) is 5.82 Å². The molecule has 2 rings (SSSR count). The summed E-state index contributed by atoms with van der Waals surface area (Å²) < 4.78 is 13.6. The summed E-state index contributed by atoms with van der Waals surface area (Å²) in [6, 6.07) is 6.97. The summed E-state index contributed by atoms with van der Waals surface area (Å²) in [5.74, 6) is 0.479. The van der Waals surface area contributed by atoms with Gasteiger partial charge >= 0.3 is 0 Å². The third-order valence-electron chi connectivity index (χ3n) is 3.90. The molecule has 1 aliphatic carbocycles. The van der Waals surface area contributed by atoms with Gasteiger partial charge in [0.05, 0.1) is 11.6 Å². The highest BCUT2D eigenvalue weighted by atomic mass is 19.1. The standard InChI is InChI=1S/C15H19FN2/c1-11(13-4-2-3-5-13)18-10-14-8-12(9-17)6-7-15(14)16/h6-8,11,13,18H,2-5,10H2,1H3/t11-/m1/s1. The van der Waals surface area contributed by atoms with Gasteiger partial charge in [0.1, 0.15) is 5.82 Å². The lowest BCUT2D eigenvalue weighted by molar-refractivity contribution is 0.378. The minimum Gasteiger partial charge on any atom is -0.310 e. The highest BCUT2D eigenvalue weighted by molar-refractivity contribution is 5.33. The Balaban J connectivity index is 1.95. The van der Waals surface area contributed by atoms with Crippen LogP contribution >= 0.6 is 0 Å². The van der Waals surface area contributed by atoms with Crippen LogP contribution in [0.15, 0.2) is 18.2 Å². The molecule has 0 radical (unpaired) electrons. The largest absolute Gasteiger partial charge is 0.310 e. The molecular formula is C15H19FN2. The lowest BCUT2D eigenvalue weighted by atomic mass is 9.99. The Morgan fingerprint density at radius 1 is 1.44 bits per heavy atom. The number of hydrogen-bond donors (Lipinski definition) is 1. The molecule has 1 N–H and O–H groups in total. The normalized spacial score (nSPS) is 17.6. The molecular weight excluding hydrogens is 227 g/mol. The molecule has 0 bridgehead atoms. The van der Waals surface area contributed by atoms with Crippen LogP contribution in [0.2, 0.25) is 0 Å². The predicted octanol–water partition coefficient (Wildman–Crippen LogP) is 3.37. The minimum atomic E-state index is -0.236. The molecule has 0 amide bonds. The first kappa shape index (κ1) is 13.0. The molecule has 2 nitrogen and oxygen atoms in total. The summed E-state index contributed by atoms with van der Waals surface area (Å²) in [5, 5.41) is 12.2. The van der Waals surface area contributed by atoms with Crippen LogP contribution in [0.3, 0.4) is 0 Å². The van der Waals surface area contributed by atoms with Gasteiger partial charge in [0.15, 0.2) is 0 Å². The van der Waals surface area contributed by atoms with Crippen LogP contribution in [-0.2, 0) is 6.54 Å². The Morgan fingerprint density at radius 2 is 2.17 bits per heavy atom. The van der Waals surface area contributed by atoms with E-state index in [1.807, 2.05) is 6.07 Å². The van der Waals surface area contributed by atoms with Gasteiger partial charge in [-0.1, -0.05) is 12.8 Å². The number of nitrogens with one attached hydrogen (secondary N) is 1. The molecule has 0 aromatic heterocycles. The van der Waals surface area contributed by atoms with E-state index in [0.29, 0.717) is 29.6 Å². The minimum absolute atomic E-state index is 0.236. The summed E-state index contributed by atoms with van der Waals surface area (Å²) in [5.41, 5.74) is 1.10. The molecule has 1 aliphatic rings. The smallest absolute Gasteiger partial charge is 0.127 e. The van der Waals surface area contributed by atoms with Crippen LogP contribution in [0.5, 0.6) is 0 Å². The molecule has 96 valence electrons. The van der Waals surface area contributed by atoms with Gasteiger partial charge in [0.2, 0.25) is 0 Å². The molecule has 1 aromatic carbocycles.